The van der Waals surface area contributed by atoms with Crippen molar-refractivity contribution < 1.29 is 0 Å². The largest absolute Gasteiger partial charge is 0.329 e. The fourth-order valence-corrected chi connectivity index (χ4v) is 2.87. The zero-order valence-corrected chi connectivity index (χ0v) is 12.8. The van der Waals surface area contributed by atoms with Gasteiger partial charge in [0.2, 0.25) is 0 Å². The molecular weight excluding hydrogens is 258 g/mol. The van der Waals surface area contributed by atoms with Gasteiger partial charge in [0.15, 0.2) is 0 Å². The summed E-state index contributed by atoms with van der Waals surface area (Å²) in [6.45, 7) is 3.72. The van der Waals surface area contributed by atoms with Gasteiger partial charge in [-0.1, -0.05) is 25.0 Å². The molecule has 1 aromatic carbocycles. The maximum absolute atomic E-state index is 5.95. The van der Waals surface area contributed by atoms with Crippen molar-refractivity contribution in [3.8, 4) is 0 Å². The Morgan fingerprint density at radius 2 is 2.14 bits per heavy atom. The summed E-state index contributed by atoms with van der Waals surface area (Å²) in [5.41, 5.74) is 9.33. The molecule has 1 saturated carbocycles. The van der Waals surface area contributed by atoms with Gasteiger partial charge < -0.3 is 11.1 Å². The summed E-state index contributed by atoms with van der Waals surface area (Å²) in [4.78, 5) is 4.55. The molecule has 0 spiro atoms. The SMILES string of the molecule is Cc1ccc2cc(C(CN)NCCCC3CC3)ccc2n1. The maximum atomic E-state index is 5.95. The van der Waals surface area contributed by atoms with Gasteiger partial charge in [-0.25, -0.2) is 0 Å². The average Bonchev–Trinajstić information content (AvgIpc) is 3.31. The summed E-state index contributed by atoms with van der Waals surface area (Å²) in [5.74, 6) is 1.01. The van der Waals surface area contributed by atoms with Gasteiger partial charge in [0.1, 0.15) is 0 Å². The first-order valence-corrected chi connectivity index (χ1v) is 8.07. The molecule has 0 saturated heterocycles. The van der Waals surface area contributed by atoms with E-state index in [9.17, 15) is 0 Å². The molecule has 21 heavy (non-hydrogen) atoms. The second kappa shape index (κ2) is 6.54. The molecule has 1 atom stereocenters. The summed E-state index contributed by atoms with van der Waals surface area (Å²) in [6, 6.07) is 10.9. The minimum Gasteiger partial charge on any atom is -0.329 e. The van der Waals surface area contributed by atoms with E-state index < -0.39 is 0 Å². The van der Waals surface area contributed by atoms with E-state index in [0.29, 0.717) is 6.54 Å². The molecule has 1 heterocycles. The molecule has 0 radical (unpaired) electrons. The van der Waals surface area contributed by atoms with Crippen molar-refractivity contribution in [1.82, 2.24) is 10.3 Å². The number of nitrogens with two attached hydrogens (primary N) is 1. The topological polar surface area (TPSA) is 50.9 Å². The minimum absolute atomic E-state index is 0.245. The van der Waals surface area contributed by atoms with Crippen LogP contribution in [0.3, 0.4) is 0 Å². The van der Waals surface area contributed by atoms with E-state index in [-0.39, 0.29) is 6.04 Å². The number of nitrogens with one attached hydrogen (secondary N) is 1. The highest BCUT2D eigenvalue weighted by Gasteiger charge is 2.20. The van der Waals surface area contributed by atoms with Gasteiger partial charge in [-0.15, -0.1) is 0 Å². The monoisotopic (exact) mass is 283 g/mol. The molecule has 112 valence electrons. The molecular formula is C18H25N3. The number of nitrogens with zero attached hydrogens (tertiary/aromatic N) is 1. The first-order chi connectivity index (χ1) is 10.3. The van der Waals surface area contributed by atoms with Crippen LogP contribution in [0.2, 0.25) is 0 Å². The van der Waals surface area contributed by atoms with Gasteiger partial charge in [0.05, 0.1) is 5.52 Å². The fraction of sp³-hybridized carbons (Fsp3) is 0.500. The summed E-state index contributed by atoms with van der Waals surface area (Å²) in [5, 5.41) is 4.79. The number of aryl methyl sites for hydroxylation is 1. The van der Waals surface area contributed by atoms with Crippen LogP contribution < -0.4 is 11.1 Å². The third kappa shape index (κ3) is 3.80. The normalized spacial score (nSPS) is 16.3. The summed E-state index contributed by atoms with van der Waals surface area (Å²) >= 11 is 0. The quantitative estimate of drug-likeness (QED) is 0.766. The summed E-state index contributed by atoms with van der Waals surface area (Å²) in [7, 11) is 0. The van der Waals surface area contributed by atoms with E-state index in [1.165, 1.54) is 36.6 Å². The number of hydrogen-bond acceptors (Lipinski definition) is 3. The van der Waals surface area contributed by atoms with Gasteiger partial charge in [0.25, 0.3) is 0 Å². The number of aromatic nitrogens is 1. The van der Waals surface area contributed by atoms with Crippen LogP contribution in [0, 0.1) is 12.8 Å². The number of pyridine rings is 1. The Kier molecular flexibility index (Phi) is 4.51. The lowest BCUT2D eigenvalue weighted by Crippen LogP contribution is -2.29. The highest BCUT2D eigenvalue weighted by molar-refractivity contribution is 5.79. The molecule has 3 nitrogen and oxygen atoms in total. The van der Waals surface area contributed by atoms with Crippen molar-refractivity contribution in [2.75, 3.05) is 13.1 Å². The van der Waals surface area contributed by atoms with Gasteiger partial charge in [0, 0.05) is 23.7 Å². The van der Waals surface area contributed by atoms with E-state index in [4.69, 9.17) is 5.73 Å². The van der Waals surface area contributed by atoms with E-state index in [2.05, 4.69) is 40.6 Å². The van der Waals surface area contributed by atoms with Crippen molar-refractivity contribution in [3.63, 3.8) is 0 Å². The summed E-state index contributed by atoms with van der Waals surface area (Å²) < 4.78 is 0. The van der Waals surface area contributed by atoms with Crippen LogP contribution >= 0.6 is 0 Å². The third-order valence-corrected chi connectivity index (χ3v) is 4.37. The molecule has 2 aromatic rings. The molecule has 3 rings (SSSR count). The van der Waals surface area contributed by atoms with Gasteiger partial charge in [-0.3, -0.25) is 4.98 Å². The van der Waals surface area contributed by atoms with Gasteiger partial charge in [-0.2, -0.15) is 0 Å². The lowest BCUT2D eigenvalue weighted by molar-refractivity contribution is 0.512. The minimum atomic E-state index is 0.245. The van der Waals surface area contributed by atoms with Crippen LogP contribution in [0.1, 0.15) is 43.0 Å². The highest BCUT2D eigenvalue weighted by atomic mass is 14.9. The van der Waals surface area contributed by atoms with Crippen LogP contribution in [0.15, 0.2) is 30.3 Å². The van der Waals surface area contributed by atoms with Crippen molar-refractivity contribution in [1.29, 1.82) is 0 Å². The van der Waals surface area contributed by atoms with Gasteiger partial charge in [-0.05, 0) is 56.0 Å². The van der Waals surface area contributed by atoms with E-state index >= 15 is 0 Å². The molecule has 1 aliphatic rings. The molecule has 3 heteroatoms. The third-order valence-electron chi connectivity index (χ3n) is 4.37. The van der Waals surface area contributed by atoms with Crippen molar-refractivity contribution in [2.45, 2.75) is 38.6 Å². The Hall–Kier alpha value is -1.45. The van der Waals surface area contributed by atoms with Crippen molar-refractivity contribution in [3.05, 3.63) is 41.6 Å². The second-order valence-corrected chi connectivity index (χ2v) is 6.23. The zero-order valence-electron chi connectivity index (χ0n) is 12.8. The maximum Gasteiger partial charge on any atom is 0.0705 e. The Balaban J connectivity index is 1.65. The van der Waals surface area contributed by atoms with E-state index in [0.717, 1.165) is 23.7 Å². The number of hydrogen-bond donors (Lipinski definition) is 2. The molecule has 1 aliphatic carbocycles. The molecule has 0 amide bonds. The molecule has 1 fully saturated rings. The van der Waals surface area contributed by atoms with Gasteiger partial charge >= 0.3 is 0 Å². The summed E-state index contributed by atoms with van der Waals surface area (Å²) in [6.07, 6.45) is 5.51. The Morgan fingerprint density at radius 3 is 2.90 bits per heavy atom. The van der Waals surface area contributed by atoms with E-state index in [1.54, 1.807) is 0 Å². The zero-order chi connectivity index (χ0) is 14.7. The first kappa shape index (κ1) is 14.5. The average molecular weight is 283 g/mol. The highest BCUT2D eigenvalue weighted by Crippen LogP contribution is 2.33. The number of benzene rings is 1. The first-order valence-electron chi connectivity index (χ1n) is 8.07. The lowest BCUT2D eigenvalue weighted by Gasteiger charge is -2.18. The standard InChI is InChI=1S/C18H25N3/c1-13-4-7-15-11-16(8-9-17(15)21-13)18(12-19)20-10-2-3-14-5-6-14/h4,7-9,11,14,18,20H,2-3,5-6,10,12,19H2,1H3. The van der Waals surface area contributed by atoms with Crippen LogP contribution in [0.25, 0.3) is 10.9 Å². The molecule has 0 bridgehead atoms. The molecule has 1 aromatic heterocycles. The second-order valence-electron chi connectivity index (χ2n) is 6.23. The van der Waals surface area contributed by atoms with Crippen LogP contribution in [-0.4, -0.2) is 18.1 Å². The van der Waals surface area contributed by atoms with Crippen molar-refractivity contribution >= 4 is 10.9 Å². The molecule has 3 N–H and O–H groups in total. The Bertz CT molecular complexity index is 604. The Labute approximate surface area is 127 Å². The smallest absolute Gasteiger partial charge is 0.0705 e. The number of rotatable bonds is 7. The predicted octanol–water partition coefficient (Wildman–Crippen LogP) is 3.32. The van der Waals surface area contributed by atoms with E-state index in [1.807, 2.05) is 6.92 Å². The van der Waals surface area contributed by atoms with Crippen LogP contribution in [-0.2, 0) is 0 Å². The molecule has 0 aliphatic heterocycles. The Morgan fingerprint density at radius 1 is 1.29 bits per heavy atom. The number of fused-ring (bicyclic) bond motifs is 1. The molecule has 1 unspecified atom stereocenters. The lowest BCUT2D eigenvalue weighted by atomic mass is 10.0. The van der Waals surface area contributed by atoms with Crippen molar-refractivity contribution in [2.24, 2.45) is 11.7 Å². The predicted molar refractivity (Wildman–Crippen MR) is 88.2 cm³/mol. The fourth-order valence-electron chi connectivity index (χ4n) is 2.87. The van der Waals surface area contributed by atoms with Crippen LogP contribution in [0.4, 0.5) is 0 Å². The van der Waals surface area contributed by atoms with Crippen LogP contribution in [0.5, 0.6) is 0 Å².